The largest absolute Gasteiger partial charge is 0.324 e. The zero-order valence-corrected chi connectivity index (χ0v) is 12.6. The van der Waals surface area contributed by atoms with Crippen molar-refractivity contribution >= 4 is 31.9 Å². The number of benzene rings is 1. The lowest BCUT2D eigenvalue weighted by molar-refractivity contribution is 0.577. The van der Waals surface area contributed by atoms with Crippen LogP contribution in [0, 0.1) is 5.82 Å². The Morgan fingerprint density at radius 2 is 1.89 bits per heavy atom. The molecule has 5 heteroatoms. The van der Waals surface area contributed by atoms with Gasteiger partial charge >= 0.3 is 0 Å². The Labute approximate surface area is 122 Å². The number of rotatable bonds is 3. The molecule has 1 aromatic carbocycles. The third-order valence-electron chi connectivity index (χ3n) is 2.58. The topological polar surface area (TPSA) is 38.9 Å². The molecule has 2 nitrogen and oxygen atoms in total. The lowest BCUT2D eigenvalue weighted by Crippen LogP contribution is -2.15. The van der Waals surface area contributed by atoms with Gasteiger partial charge in [-0.25, -0.2) is 4.39 Å². The fourth-order valence-corrected chi connectivity index (χ4v) is 2.27. The molecule has 0 saturated heterocycles. The zero-order chi connectivity index (χ0) is 13.1. The summed E-state index contributed by atoms with van der Waals surface area (Å²) in [6.07, 6.45) is 2.21. The molecule has 0 radical (unpaired) electrons. The molecule has 94 valence electrons. The van der Waals surface area contributed by atoms with Crippen molar-refractivity contribution in [3.05, 3.63) is 62.5 Å². The van der Waals surface area contributed by atoms with Gasteiger partial charge < -0.3 is 5.73 Å². The number of nitrogens with zero attached hydrogens (tertiary/aromatic N) is 1. The van der Waals surface area contributed by atoms with Crippen molar-refractivity contribution in [3.8, 4) is 0 Å². The van der Waals surface area contributed by atoms with Gasteiger partial charge in [-0.2, -0.15) is 0 Å². The molecular weight excluding hydrogens is 363 g/mol. The predicted molar refractivity (Wildman–Crippen MR) is 76.7 cm³/mol. The molecule has 2 aromatic rings. The smallest absolute Gasteiger partial charge is 0.128 e. The third kappa shape index (κ3) is 3.37. The van der Waals surface area contributed by atoms with Crippen LogP contribution in [0.2, 0.25) is 0 Å². The van der Waals surface area contributed by atoms with E-state index in [1.54, 1.807) is 18.3 Å². The molecule has 0 aliphatic rings. The standard InChI is InChI=1S/C13H11Br2FN2/c14-8-2-4-12(16)11(5-8)13(17)6-10-3-1-9(15)7-18-10/h1-5,7,13H,6,17H2. The highest BCUT2D eigenvalue weighted by atomic mass is 79.9. The van der Waals surface area contributed by atoms with Crippen LogP contribution in [0.15, 0.2) is 45.5 Å². The van der Waals surface area contributed by atoms with Crippen LogP contribution in [-0.2, 0) is 6.42 Å². The normalized spacial score (nSPS) is 12.4. The summed E-state index contributed by atoms with van der Waals surface area (Å²) < 4.78 is 15.4. The molecule has 0 spiro atoms. The van der Waals surface area contributed by atoms with E-state index in [4.69, 9.17) is 5.73 Å². The highest BCUT2D eigenvalue weighted by Gasteiger charge is 2.13. The van der Waals surface area contributed by atoms with Gasteiger partial charge in [-0.05, 0) is 46.3 Å². The first-order valence-corrected chi connectivity index (χ1v) is 6.96. The highest BCUT2D eigenvalue weighted by molar-refractivity contribution is 9.10. The maximum Gasteiger partial charge on any atom is 0.128 e. The molecule has 0 saturated carbocycles. The number of pyridine rings is 1. The average molecular weight is 374 g/mol. The molecule has 2 rings (SSSR count). The third-order valence-corrected chi connectivity index (χ3v) is 3.54. The fourth-order valence-electron chi connectivity index (χ4n) is 1.66. The van der Waals surface area contributed by atoms with Gasteiger partial charge in [0.25, 0.3) is 0 Å². The summed E-state index contributed by atoms with van der Waals surface area (Å²) in [5.41, 5.74) is 7.35. The van der Waals surface area contributed by atoms with Crippen LogP contribution in [-0.4, -0.2) is 4.98 Å². The first-order valence-electron chi connectivity index (χ1n) is 5.37. The Balaban J connectivity index is 2.18. The van der Waals surface area contributed by atoms with E-state index < -0.39 is 6.04 Å². The monoisotopic (exact) mass is 372 g/mol. The van der Waals surface area contributed by atoms with Crippen LogP contribution in [0.25, 0.3) is 0 Å². The van der Waals surface area contributed by atoms with Crippen LogP contribution in [0.4, 0.5) is 4.39 Å². The zero-order valence-electron chi connectivity index (χ0n) is 9.41. The Kier molecular flexibility index (Phi) is 4.48. The molecule has 0 fully saturated rings. The number of hydrogen-bond acceptors (Lipinski definition) is 2. The van der Waals surface area contributed by atoms with Gasteiger partial charge in [0, 0.05) is 38.9 Å². The van der Waals surface area contributed by atoms with Crippen molar-refractivity contribution in [3.63, 3.8) is 0 Å². The lowest BCUT2D eigenvalue weighted by atomic mass is 10.0. The summed E-state index contributed by atoms with van der Waals surface area (Å²) in [4.78, 5) is 4.23. The summed E-state index contributed by atoms with van der Waals surface area (Å²) in [5, 5.41) is 0. The van der Waals surface area contributed by atoms with E-state index in [0.717, 1.165) is 14.6 Å². The Bertz CT molecular complexity index is 543. The molecule has 1 heterocycles. The predicted octanol–water partition coefficient (Wildman–Crippen LogP) is 3.99. The van der Waals surface area contributed by atoms with Gasteiger partial charge in [-0.15, -0.1) is 0 Å². The van der Waals surface area contributed by atoms with Gasteiger partial charge in [0.1, 0.15) is 5.82 Å². The van der Waals surface area contributed by atoms with Crippen LogP contribution < -0.4 is 5.73 Å². The van der Waals surface area contributed by atoms with Crippen LogP contribution in [0.3, 0.4) is 0 Å². The summed E-state index contributed by atoms with van der Waals surface area (Å²) in [7, 11) is 0. The Morgan fingerprint density at radius 1 is 1.17 bits per heavy atom. The second-order valence-corrected chi connectivity index (χ2v) is 5.78. The van der Waals surface area contributed by atoms with E-state index in [-0.39, 0.29) is 5.82 Å². The van der Waals surface area contributed by atoms with Crippen LogP contribution >= 0.6 is 31.9 Å². The van der Waals surface area contributed by atoms with Crippen molar-refractivity contribution in [2.45, 2.75) is 12.5 Å². The molecule has 18 heavy (non-hydrogen) atoms. The van der Waals surface area contributed by atoms with Gasteiger partial charge in [0.2, 0.25) is 0 Å². The minimum atomic E-state index is -0.406. The Hall–Kier alpha value is -0.780. The molecular formula is C13H11Br2FN2. The fraction of sp³-hybridized carbons (Fsp3) is 0.154. The molecule has 1 unspecified atom stereocenters. The first kappa shape index (κ1) is 13.6. The Morgan fingerprint density at radius 3 is 2.56 bits per heavy atom. The number of hydrogen-bond donors (Lipinski definition) is 1. The molecule has 0 aliphatic carbocycles. The van der Waals surface area contributed by atoms with E-state index in [0.29, 0.717) is 12.0 Å². The van der Waals surface area contributed by atoms with Crippen LogP contribution in [0.1, 0.15) is 17.3 Å². The molecule has 0 bridgehead atoms. The number of halogens is 3. The van der Waals surface area contributed by atoms with E-state index in [1.165, 1.54) is 6.07 Å². The van der Waals surface area contributed by atoms with Gasteiger partial charge in [-0.1, -0.05) is 15.9 Å². The summed E-state index contributed by atoms with van der Waals surface area (Å²) in [5.74, 6) is -0.289. The highest BCUT2D eigenvalue weighted by Crippen LogP contribution is 2.22. The number of nitrogens with two attached hydrogens (primary N) is 1. The van der Waals surface area contributed by atoms with Crippen molar-refractivity contribution in [2.75, 3.05) is 0 Å². The van der Waals surface area contributed by atoms with Crippen molar-refractivity contribution in [1.29, 1.82) is 0 Å². The SMILES string of the molecule is NC(Cc1ccc(Br)cn1)c1cc(Br)ccc1F. The summed E-state index contributed by atoms with van der Waals surface area (Å²) >= 11 is 6.63. The van der Waals surface area contributed by atoms with Crippen LogP contribution in [0.5, 0.6) is 0 Å². The van der Waals surface area contributed by atoms with E-state index in [2.05, 4.69) is 36.8 Å². The summed E-state index contributed by atoms with van der Waals surface area (Å²) in [6.45, 7) is 0. The minimum Gasteiger partial charge on any atom is -0.324 e. The average Bonchev–Trinajstić information content (AvgIpc) is 2.35. The van der Waals surface area contributed by atoms with E-state index >= 15 is 0 Å². The molecule has 0 aliphatic heterocycles. The van der Waals surface area contributed by atoms with Gasteiger partial charge in [0.15, 0.2) is 0 Å². The second kappa shape index (κ2) is 5.91. The van der Waals surface area contributed by atoms with E-state index in [9.17, 15) is 4.39 Å². The maximum atomic E-state index is 13.7. The van der Waals surface area contributed by atoms with Gasteiger partial charge in [0.05, 0.1) is 0 Å². The van der Waals surface area contributed by atoms with Gasteiger partial charge in [-0.3, -0.25) is 4.98 Å². The lowest BCUT2D eigenvalue weighted by Gasteiger charge is -2.13. The van der Waals surface area contributed by atoms with E-state index in [1.807, 2.05) is 12.1 Å². The molecule has 1 atom stereocenters. The molecule has 2 N–H and O–H groups in total. The summed E-state index contributed by atoms with van der Waals surface area (Å²) in [6, 6.07) is 8.14. The van der Waals surface area contributed by atoms with Crippen molar-refractivity contribution in [1.82, 2.24) is 4.98 Å². The molecule has 1 aromatic heterocycles. The quantitative estimate of drug-likeness (QED) is 0.883. The van der Waals surface area contributed by atoms with Crippen molar-refractivity contribution in [2.24, 2.45) is 5.73 Å². The first-order chi connectivity index (χ1) is 8.56. The number of aromatic nitrogens is 1. The molecule has 0 amide bonds. The maximum absolute atomic E-state index is 13.7. The minimum absolute atomic E-state index is 0.289. The van der Waals surface area contributed by atoms with Crippen molar-refractivity contribution < 1.29 is 4.39 Å². The second-order valence-electron chi connectivity index (χ2n) is 3.94.